The molecule has 1 saturated heterocycles. The highest BCUT2D eigenvalue weighted by Gasteiger charge is 2.34. The van der Waals surface area contributed by atoms with E-state index in [1.54, 1.807) is 7.11 Å². The van der Waals surface area contributed by atoms with Gasteiger partial charge < -0.3 is 9.47 Å². The number of hydrogen-bond acceptors (Lipinski definition) is 2. The molecule has 15 heavy (non-hydrogen) atoms. The first-order chi connectivity index (χ1) is 7.26. The summed E-state index contributed by atoms with van der Waals surface area (Å²) in [6.45, 7) is 2.81. The van der Waals surface area contributed by atoms with E-state index in [2.05, 4.69) is 13.0 Å². The molecule has 0 amide bonds. The molecular weight excluding hydrogens is 212 g/mol. The molecule has 0 aliphatic carbocycles. The van der Waals surface area contributed by atoms with Crippen LogP contribution >= 0.6 is 11.6 Å². The van der Waals surface area contributed by atoms with Gasteiger partial charge in [0.05, 0.1) is 6.61 Å². The van der Waals surface area contributed by atoms with Gasteiger partial charge in [-0.1, -0.05) is 24.6 Å². The van der Waals surface area contributed by atoms with Crippen LogP contribution in [0.4, 0.5) is 0 Å². The van der Waals surface area contributed by atoms with E-state index in [0.29, 0.717) is 6.61 Å². The molecule has 1 fully saturated rings. The number of benzene rings is 1. The highest BCUT2D eigenvalue weighted by Crippen LogP contribution is 2.35. The summed E-state index contributed by atoms with van der Waals surface area (Å²) in [6, 6.07) is 5.96. The first-order valence-corrected chi connectivity index (χ1v) is 5.56. The molecule has 2 unspecified atom stereocenters. The highest BCUT2D eigenvalue weighted by molar-refractivity contribution is 6.30. The van der Waals surface area contributed by atoms with Gasteiger partial charge in [-0.05, 0) is 29.7 Å². The Bertz CT molecular complexity index is 349. The van der Waals surface area contributed by atoms with Gasteiger partial charge in [-0.15, -0.1) is 0 Å². The number of methoxy groups -OCH3 is 1. The first kappa shape index (κ1) is 10.9. The predicted octanol–water partition coefficient (Wildman–Crippen LogP) is 2.99. The number of halogens is 1. The van der Waals surface area contributed by atoms with E-state index in [-0.39, 0.29) is 12.2 Å². The minimum atomic E-state index is 0.0589. The Hall–Kier alpha value is -0.570. The highest BCUT2D eigenvalue weighted by atomic mass is 35.5. The largest absolute Gasteiger partial charge is 0.376 e. The Kier molecular flexibility index (Phi) is 3.29. The first-order valence-electron chi connectivity index (χ1n) is 5.19. The van der Waals surface area contributed by atoms with Crippen molar-refractivity contribution in [1.82, 2.24) is 0 Å². The normalized spacial score (nSPS) is 25.0. The molecule has 1 aliphatic rings. The molecule has 0 N–H and O–H groups in total. The average molecular weight is 227 g/mol. The van der Waals surface area contributed by atoms with Crippen LogP contribution in [-0.2, 0) is 15.9 Å². The van der Waals surface area contributed by atoms with Crippen molar-refractivity contribution < 1.29 is 9.47 Å². The standard InChI is InChI=1S/C12H15ClO2/c1-3-8-4-5-9(13)6-10(8)12-11(14-2)7-15-12/h4-6,11-12H,3,7H2,1-2H3. The third kappa shape index (κ3) is 2.03. The summed E-state index contributed by atoms with van der Waals surface area (Å²) < 4.78 is 10.9. The van der Waals surface area contributed by atoms with Crippen molar-refractivity contribution in [3.8, 4) is 0 Å². The van der Waals surface area contributed by atoms with Crippen molar-refractivity contribution in [2.24, 2.45) is 0 Å². The van der Waals surface area contributed by atoms with Crippen molar-refractivity contribution in [3.63, 3.8) is 0 Å². The van der Waals surface area contributed by atoms with Crippen LogP contribution in [0.1, 0.15) is 24.2 Å². The van der Waals surface area contributed by atoms with Crippen LogP contribution in [0, 0.1) is 0 Å². The van der Waals surface area contributed by atoms with Gasteiger partial charge in [0, 0.05) is 12.1 Å². The van der Waals surface area contributed by atoms with Gasteiger partial charge in [-0.25, -0.2) is 0 Å². The molecule has 82 valence electrons. The average Bonchev–Trinajstić information content (AvgIpc) is 2.17. The summed E-state index contributed by atoms with van der Waals surface area (Å²) in [7, 11) is 1.72. The van der Waals surface area contributed by atoms with Gasteiger partial charge in [-0.3, -0.25) is 0 Å². The van der Waals surface area contributed by atoms with Crippen LogP contribution in [-0.4, -0.2) is 19.8 Å². The zero-order valence-electron chi connectivity index (χ0n) is 9.00. The van der Waals surface area contributed by atoms with Gasteiger partial charge in [0.25, 0.3) is 0 Å². The van der Waals surface area contributed by atoms with Gasteiger partial charge in [0.2, 0.25) is 0 Å². The minimum absolute atomic E-state index is 0.0589. The summed E-state index contributed by atoms with van der Waals surface area (Å²) in [5, 5.41) is 0.757. The summed E-state index contributed by atoms with van der Waals surface area (Å²) in [5.74, 6) is 0. The Morgan fingerprint density at radius 3 is 2.87 bits per heavy atom. The lowest BCUT2D eigenvalue weighted by molar-refractivity contribution is -0.179. The van der Waals surface area contributed by atoms with Gasteiger partial charge in [-0.2, -0.15) is 0 Å². The molecule has 0 saturated carbocycles. The summed E-state index contributed by atoms with van der Waals surface area (Å²) >= 11 is 5.99. The Labute approximate surface area is 95.1 Å². The number of aryl methyl sites for hydroxylation is 1. The monoisotopic (exact) mass is 226 g/mol. The third-order valence-corrected chi connectivity index (χ3v) is 3.11. The quantitative estimate of drug-likeness (QED) is 0.789. The summed E-state index contributed by atoms with van der Waals surface area (Å²) in [4.78, 5) is 0. The van der Waals surface area contributed by atoms with Crippen LogP contribution in [0.5, 0.6) is 0 Å². The fraction of sp³-hybridized carbons (Fsp3) is 0.500. The second-order valence-electron chi connectivity index (χ2n) is 3.72. The summed E-state index contributed by atoms with van der Waals surface area (Å²) in [5.41, 5.74) is 2.45. The van der Waals surface area contributed by atoms with E-state index in [1.165, 1.54) is 11.1 Å². The second-order valence-corrected chi connectivity index (χ2v) is 4.16. The molecule has 0 bridgehead atoms. The van der Waals surface area contributed by atoms with E-state index >= 15 is 0 Å². The summed E-state index contributed by atoms with van der Waals surface area (Å²) in [6.07, 6.45) is 1.22. The number of hydrogen-bond donors (Lipinski definition) is 0. The van der Waals surface area contributed by atoms with E-state index in [1.807, 2.05) is 12.1 Å². The SMILES string of the molecule is CCc1ccc(Cl)cc1C1OCC1OC. The molecule has 2 rings (SSSR count). The topological polar surface area (TPSA) is 18.5 Å². The van der Waals surface area contributed by atoms with Gasteiger partial charge in [0.15, 0.2) is 0 Å². The Balaban J connectivity index is 2.29. The number of ether oxygens (including phenoxy) is 2. The molecular formula is C12H15ClO2. The lowest BCUT2D eigenvalue weighted by Crippen LogP contribution is -2.39. The molecule has 3 heteroatoms. The molecule has 0 radical (unpaired) electrons. The molecule has 0 spiro atoms. The van der Waals surface area contributed by atoms with Crippen LogP contribution < -0.4 is 0 Å². The maximum atomic E-state index is 5.99. The van der Waals surface area contributed by atoms with Crippen LogP contribution in [0.2, 0.25) is 5.02 Å². The fourth-order valence-electron chi connectivity index (χ4n) is 1.91. The molecule has 2 atom stereocenters. The van der Waals surface area contributed by atoms with Crippen molar-refractivity contribution in [3.05, 3.63) is 34.3 Å². The molecule has 1 aromatic carbocycles. The zero-order chi connectivity index (χ0) is 10.8. The molecule has 0 aromatic heterocycles. The van der Waals surface area contributed by atoms with Crippen molar-refractivity contribution >= 4 is 11.6 Å². The van der Waals surface area contributed by atoms with E-state index < -0.39 is 0 Å². The predicted molar refractivity (Wildman–Crippen MR) is 60.3 cm³/mol. The van der Waals surface area contributed by atoms with Crippen molar-refractivity contribution in [1.29, 1.82) is 0 Å². The van der Waals surface area contributed by atoms with Crippen LogP contribution in [0.25, 0.3) is 0 Å². The maximum absolute atomic E-state index is 5.99. The molecule has 1 heterocycles. The van der Waals surface area contributed by atoms with E-state index in [9.17, 15) is 0 Å². The Morgan fingerprint density at radius 2 is 2.33 bits per heavy atom. The molecule has 1 aliphatic heterocycles. The molecule has 2 nitrogen and oxygen atoms in total. The second kappa shape index (κ2) is 4.52. The third-order valence-electron chi connectivity index (χ3n) is 2.88. The van der Waals surface area contributed by atoms with E-state index in [4.69, 9.17) is 21.1 Å². The Morgan fingerprint density at radius 1 is 1.53 bits per heavy atom. The molecule has 1 aromatic rings. The minimum Gasteiger partial charge on any atom is -0.376 e. The van der Waals surface area contributed by atoms with Gasteiger partial charge >= 0.3 is 0 Å². The lowest BCUT2D eigenvalue weighted by atomic mass is 9.94. The van der Waals surface area contributed by atoms with Gasteiger partial charge in [0.1, 0.15) is 12.2 Å². The van der Waals surface area contributed by atoms with Crippen LogP contribution in [0.3, 0.4) is 0 Å². The lowest BCUT2D eigenvalue weighted by Gasteiger charge is -2.36. The van der Waals surface area contributed by atoms with Crippen LogP contribution in [0.15, 0.2) is 18.2 Å². The van der Waals surface area contributed by atoms with Crippen molar-refractivity contribution in [2.45, 2.75) is 25.6 Å². The number of rotatable bonds is 3. The zero-order valence-corrected chi connectivity index (χ0v) is 9.75. The smallest absolute Gasteiger partial charge is 0.111 e. The maximum Gasteiger partial charge on any atom is 0.111 e. The van der Waals surface area contributed by atoms with E-state index in [0.717, 1.165) is 11.4 Å². The van der Waals surface area contributed by atoms with Crippen molar-refractivity contribution in [2.75, 3.05) is 13.7 Å². The fourth-order valence-corrected chi connectivity index (χ4v) is 2.09.